The molecule has 1 aliphatic rings. The van der Waals surface area contributed by atoms with Crippen molar-refractivity contribution in [3.05, 3.63) is 26.3 Å². The van der Waals surface area contributed by atoms with Crippen LogP contribution in [-0.4, -0.2) is 12.4 Å². The molecule has 62 valence electrons. The molecule has 0 bridgehead atoms. The van der Waals surface area contributed by atoms with E-state index in [1.54, 1.807) is 12.1 Å². The summed E-state index contributed by atoms with van der Waals surface area (Å²) in [5.74, 6) is 0.660. The van der Waals surface area contributed by atoms with Crippen molar-refractivity contribution in [2.75, 3.05) is 6.61 Å². The van der Waals surface area contributed by atoms with E-state index in [-0.39, 0.29) is 12.4 Å². The average molecular weight is 294 g/mol. The highest BCUT2D eigenvalue weighted by molar-refractivity contribution is 14.1. The molecule has 12 heavy (non-hydrogen) atoms. The molecule has 2 rings (SSSR count). The minimum absolute atomic E-state index is 0.0274. The zero-order valence-electron chi connectivity index (χ0n) is 5.93. The number of hydrogen-bond acceptors (Lipinski definition) is 2. The molecule has 0 aromatic heterocycles. The van der Waals surface area contributed by atoms with Crippen LogP contribution in [0.25, 0.3) is 0 Å². The van der Waals surface area contributed by atoms with Crippen LogP contribution in [-0.2, 0) is 0 Å². The number of benzene rings is 1. The molecule has 0 unspecified atom stereocenters. The third-order valence-corrected chi connectivity index (χ3v) is 3.40. The van der Waals surface area contributed by atoms with Crippen LogP contribution >= 0.6 is 34.2 Å². The molecule has 1 aliphatic heterocycles. The lowest BCUT2D eigenvalue weighted by Gasteiger charge is -2.01. The quantitative estimate of drug-likeness (QED) is 0.687. The number of ketones is 1. The zero-order chi connectivity index (χ0) is 8.72. The van der Waals surface area contributed by atoms with Gasteiger partial charge in [-0.05, 0) is 34.7 Å². The maximum Gasteiger partial charge on any atom is 0.203 e. The lowest BCUT2D eigenvalue weighted by atomic mass is 10.1. The Morgan fingerprint density at radius 3 is 3.00 bits per heavy atom. The predicted molar refractivity (Wildman–Crippen MR) is 54.0 cm³/mol. The van der Waals surface area contributed by atoms with Crippen LogP contribution in [0.3, 0.4) is 0 Å². The van der Waals surface area contributed by atoms with Crippen LogP contribution in [0.1, 0.15) is 10.4 Å². The average Bonchev–Trinajstić information content (AvgIpc) is 2.41. The maximum absolute atomic E-state index is 11.2. The minimum Gasteiger partial charge on any atom is -0.484 e. The molecule has 0 atom stereocenters. The Kier molecular flexibility index (Phi) is 2.00. The van der Waals surface area contributed by atoms with Gasteiger partial charge in [0.05, 0.1) is 14.2 Å². The summed E-state index contributed by atoms with van der Waals surface area (Å²) in [4.78, 5) is 11.2. The third-order valence-electron chi connectivity index (χ3n) is 1.70. The fraction of sp³-hybridized carbons (Fsp3) is 0.125. The lowest BCUT2D eigenvalue weighted by Crippen LogP contribution is -1.98. The molecule has 0 amide bonds. The van der Waals surface area contributed by atoms with Gasteiger partial charge in [-0.15, -0.1) is 0 Å². The van der Waals surface area contributed by atoms with E-state index in [1.165, 1.54) is 0 Å². The Hall–Kier alpha value is -0.290. The summed E-state index contributed by atoms with van der Waals surface area (Å²) in [5.41, 5.74) is 0.642. The fourth-order valence-corrected chi connectivity index (χ4v) is 1.88. The highest BCUT2D eigenvalue weighted by Crippen LogP contribution is 2.35. The van der Waals surface area contributed by atoms with E-state index in [1.807, 2.05) is 0 Å². The van der Waals surface area contributed by atoms with Crippen molar-refractivity contribution in [3.8, 4) is 5.75 Å². The number of Topliss-reactive ketones (excluding diaryl/α,β-unsaturated/α-hetero) is 1. The minimum atomic E-state index is 0.0274. The standard InChI is InChI=1S/C8H4ClIO2/c9-5-2-1-4-6(11)3-12-8(4)7(5)10/h1-2H,3H2. The van der Waals surface area contributed by atoms with E-state index in [0.717, 1.165) is 3.57 Å². The van der Waals surface area contributed by atoms with Gasteiger partial charge in [0.15, 0.2) is 6.61 Å². The Morgan fingerprint density at radius 1 is 1.50 bits per heavy atom. The van der Waals surface area contributed by atoms with Gasteiger partial charge in [-0.3, -0.25) is 4.79 Å². The Morgan fingerprint density at radius 2 is 2.25 bits per heavy atom. The van der Waals surface area contributed by atoms with E-state index in [4.69, 9.17) is 16.3 Å². The van der Waals surface area contributed by atoms with Gasteiger partial charge in [0.25, 0.3) is 0 Å². The Bertz CT molecular complexity index is 362. The van der Waals surface area contributed by atoms with Crippen molar-refractivity contribution < 1.29 is 9.53 Å². The van der Waals surface area contributed by atoms with E-state index >= 15 is 0 Å². The number of fused-ring (bicyclic) bond motifs is 1. The monoisotopic (exact) mass is 294 g/mol. The first-order valence-corrected chi connectivity index (χ1v) is 4.80. The molecule has 0 aliphatic carbocycles. The number of hydrogen-bond donors (Lipinski definition) is 0. The molecule has 1 aromatic rings. The fourth-order valence-electron chi connectivity index (χ4n) is 1.11. The van der Waals surface area contributed by atoms with Gasteiger partial charge < -0.3 is 4.74 Å². The summed E-state index contributed by atoms with van der Waals surface area (Å²) in [5, 5.41) is 0.629. The van der Waals surface area contributed by atoms with Crippen molar-refractivity contribution in [1.82, 2.24) is 0 Å². The second-order valence-electron chi connectivity index (χ2n) is 2.45. The number of ether oxygens (including phenoxy) is 1. The molecule has 0 radical (unpaired) electrons. The molecular weight excluding hydrogens is 290 g/mol. The molecule has 0 spiro atoms. The number of halogens is 2. The first-order valence-electron chi connectivity index (χ1n) is 3.34. The summed E-state index contributed by atoms with van der Waals surface area (Å²) in [6.45, 7) is 0.145. The SMILES string of the molecule is O=C1COc2c1ccc(Cl)c2I. The molecule has 0 saturated heterocycles. The number of carbonyl (C=O) groups excluding carboxylic acids is 1. The van der Waals surface area contributed by atoms with Crippen LogP contribution in [0.5, 0.6) is 5.75 Å². The molecule has 0 N–H and O–H groups in total. The predicted octanol–water partition coefficient (Wildman–Crippen LogP) is 2.52. The highest BCUT2D eigenvalue weighted by Gasteiger charge is 2.24. The third kappa shape index (κ3) is 1.11. The summed E-state index contributed by atoms with van der Waals surface area (Å²) in [6.07, 6.45) is 0. The molecule has 0 fully saturated rings. The van der Waals surface area contributed by atoms with Gasteiger partial charge in [-0.1, -0.05) is 11.6 Å². The van der Waals surface area contributed by atoms with Crippen LogP contribution in [0.4, 0.5) is 0 Å². The second kappa shape index (κ2) is 2.88. The lowest BCUT2D eigenvalue weighted by molar-refractivity contribution is 0.0961. The van der Waals surface area contributed by atoms with Gasteiger partial charge in [0, 0.05) is 0 Å². The molecule has 1 heterocycles. The molecule has 4 heteroatoms. The van der Waals surface area contributed by atoms with Gasteiger partial charge in [-0.25, -0.2) is 0 Å². The van der Waals surface area contributed by atoms with E-state index in [0.29, 0.717) is 16.3 Å². The highest BCUT2D eigenvalue weighted by atomic mass is 127. The first kappa shape index (κ1) is 8.31. The first-order chi connectivity index (χ1) is 5.70. The van der Waals surface area contributed by atoms with Crippen LogP contribution in [0.15, 0.2) is 12.1 Å². The van der Waals surface area contributed by atoms with Gasteiger partial charge in [0.1, 0.15) is 5.75 Å². The number of carbonyl (C=O) groups is 1. The van der Waals surface area contributed by atoms with Gasteiger partial charge in [-0.2, -0.15) is 0 Å². The van der Waals surface area contributed by atoms with Crippen LogP contribution in [0, 0.1) is 3.57 Å². The molecule has 1 aromatic carbocycles. The summed E-state index contributed by atoms with van der Waals surface area (Å²) < 4.78 is 6.00. The number of rotatable bonds is 0. The largest absolute Gasteiger partial charge is 0.484 e. The maximum atomic E-state index is 11.2. The van der Waals surface area contributed by atoms with Crippen molar-refractivity contribution in [1.29, 1.82) is 0 Å². The Labute approximate surface area is 88.0 Å². The topological polar surface area (TPSA) is 26.3 Å². The van der Waals surface area contributed by atoms with Crippen molar-refractivity contribution >= 4 is 40.0 Å². The summed E-state index contributed by atoms with van der Waals surface area (Å²) >= 11 is 7.91. The van der Waals surface area contributed by atoms with Crippen LogP contribution in [0.2, 0.25) is 5.02 Å². The zero-order valence-corrected chi connectivity index (χ0v) is 8.85. The van der Waals surface area contributed by atoms with Crippen molar-refractivity contribution in [3.63, 3.8) is 0 Å². The van der Waals surface area contributed by atoms with Crippen LogP contribution < -0.4 is 4.74 Å². The van der Waals surface area contributed by atoms with Gasteiger partial charge in [0.2, 0.25) is 5.78 Å². The molecule has 0 saturated carbocycles. The van der Waals surface area contributed by atoms with Crippen molar-refractivity contribution in [2.45, 2.75) is 0 Å². The van der Waals surface area contributed by atoms with E-state index < -0.39 is 0 Å². The smallest absolute Gasteiger partial charge is 0.203 e. The van der Waals surface area contributed by atoms with E-state index in [9.17, 15) is 4.79 Å². The summed E-state index contributed by atoms with van der Waals surface area (Å²) in [7, 11) is 0. The van der Waals surface area contributed by atoms with Crippen molar-refractivity contribution in [2.24, 2.45) is 0 Å². The van der Waals surface area contributed by atoms with E-state index in [2.05, 4.69) is 22.6 Å². The molecular formula is C8H4ClIO2. The Balaban J connectivity index is 2.68. The van der Waals surface area contributed by atoms with Gasteiger partial charge >= 0.3 is 0 Å². The second-order valence-corrected chi connectivity index (χ2v) is 3.94. The molecule has 2 nitrogen and oxygen atoms in total. The summed E-state index contributed by atoms with van der Waals surface area (Å²) in [6, 6.07) is 3.42. The normalized spacial score (nSPS) is 14.3.